The number of carbonyl (C=O) groups is 2. The van der Waals surface area contributed by atoms with E-state index in [1.165, 1.54) is 35.6 Å². The van der Waals surface area contributed by atoms with Crippen LogP contribution in [-0.2, 0) is 0 Å². The van der Waals surface area contributed by atoms with Crippen LogP contribution in [0.1, 0.15) is 39.1 Å². The van der Waals surface area contributed by atoms with E-state index in [1.54, 1.807) is 11.0 Å². The number of rotatable bonds is 4. The average Bonchev–Trinajstić information content (AvgIpc) is 3.28. The third-order valence-corrected chi connectivity index (χ3v) is 6.71. The zero-order valence-corrected chi connectivity index (χ0v) is 18.8. The number of nitrogens with one attached hydrogen (secondary N) is 2. The second-order valence-corrected chi connectivity index (χ2v) is 9.00. The van der Waals surface area contributed by atoms with Crippen LogP contribution in [0.25, 0.3) is 0 Å². The quantitative estimate of drug-likeness (QED) is 0.538. The summed E-state index contributed by atoms with van der Waals surface area (Å²) in [6, 6.07) is 10.7. The Bertz CT molecular complexity index is 1140. The zero-order valence-electron chi connectivity index (χ0n) is 17.3. The Labute approximate surface area is 193 Å². The van der Waals surface area contributed by atoms with Crippen molar-refractivity contribution in [3.63, 3.8) is 0 Å². The van der Waals surface area contributed by atoms with E-state index in [0.717, 1.165) is 18.4 Å². The lowest BCUT2D eigenvalue weighted by atomic mass is 9.99. The van der Waals surface area contributed by atoms with Gasteiger partial charge in [-0.15, -0.1) is 10.2 Å². The number of nitrogens with zero attached hydrogens (tertiary/aromatic N) is 3. The highest BCUT2D eigenvalue weighted by atomic mass is 35.5. The van der Waals surface area contributed by atoms with Crippen molar-refractivity contribution in [2.45, 2.75) is 25.7 Å². The van der Waals surface area contributed by atoms with Crippen LogP contribution in [0.4, 0.5) is 20.6 Å². The molecule has 0 aliphatic carbocycles. The van der Waals surface area contributed by atoms with Gasteiger partial charge in [0.2, 0.25) is 5.01 Å². The van der Waals surface area contributed by atoms with E-state index in [1.807, 2.05) is 19.1 Å². The van der Waals surface area contributed by atoms with Crippen LogP contribution < -0.4 is 10.6 Å². The molecule has 1 aromatic heterocycles. The number of likely N-dealkylation sites (tertiary alicyclic amines) is 1. The smallest absolute Gasteiger partial charge is 0.321 e. The highest BCUT2D eigenvalue weighted by molar-refractivity contribution is 7.13. The molecule has 3 aromatic rings. The minimum atomic E-state index is -0.401. The number of anilines is 2. The second-order valence-electron chi connectivity index (χ2n) is 7.59. The second kappa shape index (κ2) is 9.62. The Kier molecular flexibility index (Phi) is 6.66. The lowest BCUT2D eigenvalue weighted by molar-refractivity contribution is 0.102. The monoisotopic (exact) mass is 473 g/mol. The van der Waals surface area contributed by atoms with Gasteiger partial charge < -0.3 is 15.5 Å². The highest BCUT2D eigenvalue weighted by Gasteiger charge is 2.28. The van der Waals surface area contributed by atoms with Crippen LogP contribution in [-0.4, -0.2) is 40.1 Å². The lowest BCUT2D eigenvalue weighted by Gasteiger charge is -2.31. The first-order valence-corrected chi connectivity index (χ1v) is 11.3. The van der Waals surface area contributed by atoms with Gasteiger partial charge in [0.1, 0.15) is 10.8 Å². The summed E-state index contributed by atoms with van der Waals surface area (Å²) in [6.45, 7) is 3.03. The molecule has 1 aliphatic heterocycles. The number of carbonyl (C=O) groups excluding carboxylic acids is 2. The van der Waals surface area contributed by atoms with Crippen molar-refractivity contribution in [3.05, 3.63) is 68.9 Å². The normalized spacial score (nSPS) is 16.0. The Morgan fingerprint density at radius 3 is 2.62 bits per heavy atom. The van der Waals surface area contributed by atoms with Gasteiger partial charge in [-0.2, -0.15) is 0 Å². The van der Waals surface area contributed by atoms with Gasteiger partial charge in [-0.25, -0.2) is 9.18 Å². The van der Waals surface area contributed by atoms with E-state index >= 15 is 0 Å². The predicted molar refractivity (Wildman–Crippen MR) is 123 cm³/mol. The fraction of sp³-hybridized carbons (Fsp3) is 0.273. The molecule has 1 unspecified atom stereocenters. The van der Waals surface area contributed by atoms with Crippen LogP contribution in [0.2, 0.25) is 5.02 Å². The standard InChI is InChI=1S/C22H21ClFN5O2S/c1-13-4-7-17(11-18(13)23)26-22(31)29-10-2-3-14(12-29)20-27-28-21(32-20)19(30)25-16-8-5-15(24)6-9-16/h4-9,11,14H,2-3,10,12H2,1H3,(H,25,30)(H,26,31). The van der Waals surface area contributed by atoms with E-state index in [2.05, 4.69) is 20.8 Å². The third-order valence-electron chi connectivity index (χ3n) is 5.22. The van der Waals surface area contributed by atoms with Crippen LogP contribution in [0.5, 0.6) is 0 Å². The predicted octanol–water partition coefficient (Wildman–Crippen LogP) is 5.30. The molecule has 4 rings (SSSR count). The van der Waals surface area contributed by atoms with Crippen molar-refractivity contribution in [3.8, 4) is 0 Å². The van der Waals surface area contributed by atoms with E-state index < -0.39 is 5.91 Å². The van der Waals surface area contributed by atoms with Gasteiger partial charge in [0.15, 0.2) is 0 Å². The minimum absolute atomic E-state index is 0.000905. The SMILES string of the molecule is Cc1ccc(NC(=O)N2CCCC(c3nnc(C(=O)Nc4ccc(F)cc4)s3)C2)cc1Cl. The number of hydrogen-bond donors (Lipinski definition) is 2. The molecule has 2 N–H and O–H groups in total. The number of aryl methyl sites for hydroxylation is 1. The van der Waals surface area contributed by atoms with Gasteiger partial charge in [0.25, 0.3) is 5.91 Å². The third kappa shape index (κ3) is 5.23. The topological polar surface area (TPSA) is 87.2 Å². The molecule has 1 aliphatic rings. The summed E-state index contributed by atoms with van der Waals surface area (Å²) >= 11 is 7.35. The van der Waals surface area contributed by atoms with Crippen molar-refractivity contribution < 1.29 is 14.0 Å². The van der Waals surface area contributed by atoms with Crippen molar-refractivity contribution in [2.24, 2.45) is 0 Å². The molecular formula is C22H21ClFN5O2S. The maximum Gasteiger partial charge on any atom is 0.321 e. The molecule has 166 valence electrons. The van der Waals surface area contributed by atoms with Gasteiger partial charge in [-0.1, -0.05) is 29.0 Å². The molecule has 7 nitrogen and oxygen atoms in total. The Balaban J connectivity index is 1.38. The maximum absolute atomic E-state index is 13.0. The molecule has 10 heteroatoms. The molecule has 0 spiro atoms. The summed E-state index contributed by atoms with van der Waals surface area (Å²) in [5.41, 5.74) is 2.06. The molecule has 3 amide bonds. The summed E-state index contributed by atoms with van der Waals surface area (Å²) in [6.07, 6.45) is 1.68. The van der Waals surface area contributed by atoms with E-state index in [9.17, 15) is 14.0 Å². The first kappa shape index (κ1) is 22.2. The fourth-order valence-electron chi connectivity index (χ4n) is 3.45. The maximum atomic E-state index is 13.0. The zero-order chi connectivity index (χ0) is 22.7. The molecule has 1 fully saturated rings. The van der Waals surface area contributed by atoms with Crippen LogP contribution in [0.15, 0.2) is 42.5 Å². The molecule has 0 bridgehead atoms. The minimum Gasteiger partial charge on any atom is -0.324 e. The Morgan fingerprint density at radius 2 is 1.88 bits per heavy atom. The number of piperidine rings is 1. The molecule has 32 heavy (non-hydrogen) atoms. The number of amides is 3. The number of benzene rings is 2. The van der Waals surface area contributed by atoms with Gasteiger partial charge in [0.05, 0.1) is 0 Å². The molecular weight excluding hydrogens is 453 g/mol. The van der Waals surface area contributed by atoms with Gasteiger partial charge >= 0.3 is 6.03 Å². The largest absolute Gasteiger partial charge is 0.324 e. The summed E-state index contributed by atoms with van der Waals surface area (Å²) in [5, 5.41) is 15.3. The average molecular weight is 474 g/mol. The summed E-state index contributed by atoms with van der Waals surface area (Å²) < 4.78 is 13.0. The van der Waals surface area contributed by atoms with E-state index in [-0.39, 0.29) is 22.8 Å². The molecule has 0 radical (unpaired) electrons. The first-order chi connectivity index (χ1) is 15.4. The molecule has 1 atom stereocenters. The molecule has 0 saturated carbocycles. The molecule has 2 heterocycles. The van der Waals surface area contributed by atoms with E-state index in [4.69, 9.17) is 11.6 Å². The number of urea groups is 1. The molecule has 1 saturated heterocycles. The van der Waals surface area contributed by atoms with E-state index in [0.29, 0.717) is 34.5 Å². The van der Waals surface area contributed by atoms with Crippen LogP contribution in [0, 0.1) is 12.7 Å². The fourth-order valence-corrected chi connectivity index (χ4v) is 4.49. The lowest BCUT2D eigenvalue weighted by Crippen LogP contribution is -2.41. The first-order valence-electron chi connectivity index (χ1n) is 10.1. The van der Waals surface area contributed by atoms with Crippen molar-refractivity contribution >= 4 is 46.3 Å². The summed E-state index contributed by atoms with van der Waals surface area (Å²) in [4.78, 5) is 26.9. The van der Waals surface area contributed by atoms with Gasteiger partial charge in [-0.3, -0.25) is 4.79 Å². The Hall–Kier alpha value is -3.04. The Morgan fingerprint density at radius 1 is 1.12 bits per heavy atom. The van der Waals surface area contributed by atoms with Crippen LogP contribution in [0.3, 0.4) is 0 Å². The summed E-state index contributed by atoms with van der Waals surface area (Å²) in [7, 11) is 0. The van der Waals surface area contributed by atoms with Crippen molar-refractivity contribution in [1.82, 2.24) is 15.1 Å². The van der Waals surface area contributed by atoms with Gasteiger partial charge in [0, 0.05) is 35.4 Å². The van der Waals surface area contributed by atoms with Crippen LogP contribution >= 0.6 is 22.9 Å². The summed E-state index contributed by atoms with van der Waals surface area (Å²) in [5.74, 6) is -0.777. The highest BCUT2D eigenvalue weighted by Crippen LogP contribution is 2.30. The number of hydrogen-bond acceptors (Lipinski definition) is 5. The number of aromatic nitrogens is 2. The molecule has 2 aromatic carbocycles. The number of halogens is 2. The van der Waals surface area contributed by atoms with Crippen molar-refractivity contribution in [1.29, 1.82) is 0 Å². The van der Waals surface area contributed by atoms with Gasteiger partial charge in [-0.05, 0) is 61.7 Å². The van der Waals surface area contributed by atoms with Crippen molar-refractivity contribution in [2.75, 3.05) is 23.7 Å².